The molecule has 0 fully saturated rings. The van der Waals surface area contributed by atoms with Crippen LogP contribution in [0.5, 0.6) is 0 Å². The number of fused-ring (bicyclic) bond motifs is 2. The molecule has 35 heavy (non-hydrogen) atoms. The van der Waals surface area contributed by atoms with Gasteiger partial charge in [-0.2, -0.15) is 0 Å². The minimum absolute atomic E-state index is 0. The van der Waals surface area contributed by atoms with Gasteiger partial charge in [0, 0.05) is 34.7 Å². The molecule has 0 bridgehead atoms. The first-order valence-electron chi connectivity index (χ1n) is 10.7. The number of carbonyl (C=O) groups is 1. The number of para-hydroxylation sites is 1. The molecule has 0 amide bonds. The van der Waals surface area contributed by atoms with Crippen molar-refractivity contribution in [1.29, 1.82) is 0 Å². The van der Waals surface area contributed by atoms with Crippen LogP contribution in [0.15, 0.2) is 88.3 Å². The third-order valence-corrected chi connectivity index (χ3v) is 8.75. The Hall–Kier alpha value is -2.01. The molecule has 0 aromatic heterocycles. The molecule has 0 saturated carbocycles. The van der Waals surface area contributed by atoms with Gasteiger partial charge in [-0.25, -0.2) is 16.8 Å². The summed E-state index contributed by atoms with van der Waals surface area (Å²) >= 11 is 0. The molecule has 2 aromatic carbocycles. The number of hydrogen-bond donors (Lipinski definition) is 0. The molecule has 2 aliphatic heterocycles. The van der Waals surface area contributed by atoms with Gasteiger partial charge < -0.3 is 9.45 Å². The van der Waals surface area contributed by atoms with E-state index >= 15 is 0 Å². The number of Topliss-reactive ketones (excluding diaryl/α,β-unsaturated/α-hetero) is 1. The summed E-state index contributed by atoms with van der Waals surface area (Å²) in [5, 5.41) is 0. The number of carbonyl (C=O) groups excluding carboxylic acids is 1. The van der Waals surface area contributed by atoms with Gasteiger partial charge in [-0.15, -0.1) is 0 Å². The molecule has 2 aliphatic rings. The van der Waals surface area contributed by atoms with E-state index in [9.17, 15) is 26.2 Å². The molecular weight excluding hydrogens is 497 g/mol. The zero-order valence-electron chi connectivity index (χ0n) is 19.8. The number of sulfone groups is 1. The number of rotatable bonds is 6. The summed E-state index contributed by atoms with van der Waals surface area (Å²) in [4.78, 5) is 14.3. The molecule has 0 saturated heterocycles. The summed E-state index contributed by atoms with van der Waals surface area (Å²) in [5.41, 5.74) is 2.62. The third-order valence-electron chi connectivity index (χ3n) is 6.12. The van der Waals surface area contributed by atoms with Gasteiger partial charge in [0.1, 0.15) is 4.91 Å². The topological polar surface area (TPSA) is 112 Å². The molecule has 0 spiro atoms. The Morgan fingerprint density at radius 2 is 1.63 bits per heavy atom. The average Bonchev–Trinajstić information content (AvgIpc) is 3.10. The fourth-order valence-electron chi connectivity index (χ4n) is 4.50. The van der Waals surface area contributed by atoms with Crippen LogP contribution in [-0.4, -0.2) is 39.5 Å². The van der Waals surface area contributed by atoms with Crippen molar-refractivity contribution in [3.05, 3.63) is 94.6 Å². The molecule has 0 aliphatic carbocycles. The normalized spacial score (nSPS) is 20.3. The molecule has 0 unspecified atom stereocenters. The van der Waals surface area contributed by atoms with Crippen LogP contribution >= 0.6 is 0 Å². The smallest absolute Gasteiger partial charge is 0.748 e. The molecule has 178 valence electrons. The minimum Gasteiger partial charge on any atom is -0.748 e. The van der Waals surface area contributed by atoms with Gasteiger partial charge >= 0.3 is 29.6 Å². The van der Waals surface area contributed by atoms with Crippen LogP contribution in [0.4, 0.5) is 5.69 Å². The van der Waals surface area contributed by atoms with E-state index in [0.29, 0.717) is 6.54 Å². The fourth-order valence-corrected chi connectivity index (χ4v) is 6.54. The van der Waals surface area contributed by atoms with Gasteiger partial charge in [-0.1, -0.05) is 56.3 Å². The Bertz CT molecular complexity index is 1470. The van der Waals surface area contributed by atoms with E-state index in [1.807, 2.05) is 49.1 Å². The number of ketones is 1. The Morgan fingerprint density at radius 1 is 1.00 bits per heavy atom. The van der Waals surface area contributed by atoms with Crippen molar-refractivity contribution in [2.45, 2.75) is 30.6 Å². The Morgan fingerprint density at radius 3 is 2.31 bits per heavy atom. The van der Waals surface area contributed by atoms with E-state index in [-0.39, 0.29) is 51.3 Å². The van der Waals surface area contributed by atoms with Crippen molar-refractivity contribution >= 4 is 31.4 Å². The molecule has 0 N–H and O–H groups in total. The maximum absolute atomic E-state index is 12.7. The van der Waals surface area contributed by atoms with Gasteiger partial charge in [0.15, 0.2) is 0 Å². The van der Waals surface area contributed by atoms with Crippen molar-refractivity contribution in [3.8, 4) is 0 Å². The molecule has 2 heterocycles. The van der Waals surface area contributed by atoms with Crippen LogP contribution in [0, 0.1) is 0 Å². The summed E-state index contributed by atoms with van der Waals surface area (Å²) < 4.78 is 58.7. The van der Waals surface area contributed by atoms with Gasteiger partial charge in [-0.05, 0) is 42.3 Å². The van der Waals surface area contributed by atoms with E-state index in [1.54, 1.807) is 18.2 Å². The average molecular weight is 522 g/mol. The minimum atomic E-state index is -4.32. The van der Waals surface area contributed by atoms with Crippen molar-refractivity contribution < 1.29 is 55.7 Å². The standard InChI is InChI=1S/C25H25NO6S2.Na/c1-25(2)19-11-4-5-12-20(19)26(16-9-17-33(28,29)30)23(25)15-8-7-14-22-24(27)18-10-3-6-13-21(18)34(22,31)32;/h3-8,10-15H,9,16-17H2,1-2H3,(H,28,29,30);/q;+1/p-1/b8-7+,22-14-,23-15-;. The summed E-state index contributed by atoms with van der Waals surface area (Å²) in [6.45, 7) is 4.41. The number of anilines is 1. The summed E-state index contributed by atoms with van der Waals surface area (Å²) in [6, 6.07) is 13.9. The Labute approximate surface area is 228 Å². The first kappa shape index (κ1) is 27.6. The van der Waals surface area contributed by atoms with Gasteiger partial charge in [0.25, 0.3) is 0 Å². The SMILES string of the molecule is CC1(C)/C(=C/C=C/C=C2/C(=O)c3ccccc3S2(=O)=O)N(CCCS(=O)(=O)[O-])c2ccccc21.[Na+]. The second-order valence-corrected chi connectivity index (χ2v) is 12.1. The molecule has 7 nitrogen and oxygen atoms in total. The Balaban J connectivity index is 0.00000342. The predicted molar refractivity (Wildman–Crippen MR) is 129 cm³/mol. The van der Waals surface area contributed by atoms with Crippen LogP contribution in [0.3, 0.4) is 0 Å². The van der Waals surface area contributed by atoms with Crippen molar-refractivity contribution in [1.82, 2.24) is 0 Å². The second kappa shape index (κ2) is 10.2. The van der Waals surface area contributed by atoms with Crippen LogP contribution in [0.2, 0.25) is 0 Å². The van der Waals surface area contributed by atoms with Gasteiger partial charge in [0.05, 0.1) is 15.0 Å². The molecule has 10 heteroatoms. The summed E-state index contributed by atoms with van der Waals surface area (Å²) in [6.07, 6.45) is 6.48. The number of benzene rings is 2. The largest absolute Gasteiger partial charge is 1.00 e. The molecule has 0 radical (unpaired) electrons. The van der Waals surface area contributed by atoms with E-state index in [4.69, 9.17) is 0 Å². The fraction of sp³-hybridized carbons (Fsp3) is 0.240. The number of allylic oxidation sites excluding steroid dienone is 6. The molecule has 0 atom stereocenters. The van der Waals surface area contributed by atoms with Crippen LogP contribution < -0.4 is 34.5 Å². The maximum atomic E-state index is 12.7. The van der Waals surface area contributed by atoms with E-state index in [2.05, 4.69) is 0 Å². The van der Waals surface area contributed by atoms with Crippen molar-refractivity contribution in [2.75, 3.05) is 17.2 Å². The second-order valence-electron chi connectivity index (χ2n) is 8.71. The molecule has 4 rings (SSSR count). The van der Waals surface area contributed by atoms with Gasteiger partial charge in [-0.3, -0.25) is 4.79 Å². The van der Waals surface area contributed by atoms with Crippen LogP contribution in [-0.2, 0) is 25.4 Å². The summed E-state index contributed by atoms with van der Waals surface area (Å²) in [7, 11) is -8.17. The van der Waals surface area contributed by atoms with Crippen molar-refractivity contribution in [3.63, 3.8) is 0 Å². The first-order chi connectivity index (χ1) is 15.9. The zero-order valence-corrected chi connectivity index (χ0v) is 23.4. The molecular formula is C25H24NNaO6S2. The Kier molecular flexibility index (Phi) is 8.00. The van der Waals surface area contributed by atoms with Crippen LogP contribution in [0.25, 0.3) is 0 Å². The number of hydrogen-bond acceptors (Lipinski definition) is 7. The first-order valence-corrected chi connectivity index (χ1v) is 13.8. The maximum Gasteiger partial charge on any atom is 1.00 e. The monoisotopic (exact) mass is 521 g/mol. The third kappa shape index (κ3) is 5.26. The number of nitrogens with zero attached hydrogens (tertiary/aromatic N) is 1. The zero-order chi connectivity index (χ0) is 24.7. The van der Waals surface area contributed by atoms with E-state index in [1.165, 1.54) is 24.3 Å². The van der Waals surface area contributed by atoms with Crippen molar-refractivity contribution in [2.24, 2.45) is 0 Å². The quantitative estimate of drug-likeness (QED) is 0.313. The molecule has 2 aromatic rings. The van der Waals surface area contributed by atoms with E-state index in [0.717, 1.165) is 16.9 Å². The van der Waals surface area contributed by atoms with Gasteiger partial charge in [0.2, 0.25) is 15.6 Å². The predicted octanol–water partition coefficient (Wildman–Crippen LogP) is 0.718. The van der Waals surface area contributed by atoms with Crippen LogP contribution in [0.1, 0.15) is 36.2 Å². The van der Waals surface area contributed by atoms with E-state index < -0.39 is 36.9 Å². The summed E-state index contributed by atoms with van der Waals surface area (Å²) in [5.74, 6) is -0.982.